The molecule has 0 spiro atoms. The number of aromatic nitrogens is 1. The normalized spacial score (nSPS) is 14.8. The van der Waals surface area contributed by atoms with Crippen LogP contribution in [0, 0.1) is 5.82 Å². The van der Waals surface area contributed by atoms with Crippen molar-refractivity contribution in [2.45, 2.75) is 4.34 Å². The van der Waals surface area contributed by atoms with Crippen LogP contribution in [0.1, 0.15) is 0 Å². The van der Waals surface area contributed by atoms with Gasteiger partial charge in [-0.25, -0.2) is 9.37 Å². The monoisotopic (exact) mass is 387 g/mol. The highest BCUT2D eigenvalue weighted by Crippen LogP contribution is 2.29. The lowest BCUT2D eigenvalue weighted by Gasteiger charge is -2.36. The number of nitrogens with zero attached hydrogens (tertiary/aromatic N) is 3. The summed E-state index contributed by atoms with van der Waals surface area (Å²) in [5.74, 6) is 0.292. The molecule has 1 fully saturated rings. The number of thiazole rings is 1. The quantitative estimate of drug-likeness (QED) is 0.637. The Labute approximate surface area is 159 Å². The lowest BCUT2D eigenvalue weighted by Crippen LogP contribution is -2.49. The van der Waals surface area contributed by atoms with Gasteiger partial charge >= 0.3 is 0 Å². The fourth-order valence-electron chi connectivity index (χ4n) is 3.03. The van der Waals surface area contributed by atoms with Gasteiger partial charge in [0, 0.05) is 26.2 Å². The van der Waals surface area contributed by atoms with Crippen molar-refractivity contribution in [2.75, 3.05) is 36.8 Å². The Morgan fingerprint density at radius 2 is 1.81 bits per heavy atom. The molecule has 0 N–H and O–H groups in total. The molecule has 7 heteroatoms. The molecule has 26 heavy (non-hydrogen) atoms. The Hall–Kier alpha value is -2.12. The Bertz CT molecular complexity index is 889. The molecule has 1 saturated heterocycles. The van der Waals surface area contributed by atoms with Crippen LogP contribution in [0.2, 0.25) is 0 Å². The maximum atomic E-state index is 13.9. The van der Waals surface area contributed by atoms with Crippen molar-refractivity contribution in [3.05, 3.63) is 54.3 Å². The molecule has 0 saturated carbocycles. The van der Waals surface area contributed by atoms with Gasteiger partial charge in [0.1, 0.15) is 5.82 Å². The van der Waals surface area contributed by atoms with Gasteiger partial charge in [-0.05, 0) is 24.3 Å². The number of anilines is 1. The molecule has 0 radical (unpaired) electrons. The number of hydrogen-bond acceptors (Lipinski definition) is 5. The van der Waals surface area contributed by atoms with E-state index < -0.39 is 0 Å². The summed E-state index contributed by atoms with van der Waals surface area (Å²) in [6.07, 6.45) is 0. The van der Waals surface area contributed by atoms with E-state index in [0.29, 0.717) is 37.6 Å². The van der Waals surface area contributed by atoms with E-state index in [0.717, 1.165) is 14.6 Å². The zero-order valence-electron chi connectivity index (χ0n) is 14.1. The summed E-state index contributed by atoms with van der Waals surface area (Å²) in [6, 6.07) is 14.8. The molecular formula is C19H18FN3OS2. The van der Waals surface area contributed by atoms with Crippen LogP contribution in [0.3, 0.4) is 0 Å². The lowest BCUT2D eigenvalue weighted by molar-refractivity contribution is -0.128. The van der Waals surface area contributed by atoms with Crippen LogP contribution in [0.15, 0.2) is 52.9 Å². The van der Waals surface area contributed by atoms with Gasteiger partial charge in [0.2, 0.25) is 5.91 Å². The standard InChI is InChI=1S/C19H18FN3OS2/c20-14-5-1-3-7-16(14)22-9-11-23(12-10-22)18(24)13-25-19-21-15-6-2-4-8-17(15)26-19/h1-8H,9-13H2. The van der Waals surface area contributed by atoms with Crippen LogP contribution in [0.5, 0.6) is 0 Å². The van der Waals surface area contributed by atoms with E-state index in [9.17, 15) is 9.18 Å². The van der Waals surface area contributed by atoms with Crippen molar-refractivity contribution < 1.29 is 9.18 Å². The number of thioether (sulfide) groups is 1. The molecule has 2 aromatic carbocycles. The summed E-state index contributed by atoms with van der Waals surface area (Å²) in [5, 5.41) is 0. The zero-order valence-corrected chi connectivity index (χ0v) is 15.7. The van der Waals surface area contributed by atoms with Crippen LogP contribution in [-0.4, -0.2) is 47.7 Å². The van der Waals surface area contributed by atoms with Gasteiger partial charge in [-0.15, -0.1) is 11.3 Å². The molecule has 0 aliphatic carbocycles. The number of carbonyl (C=O) groups is 1. The van der Waals surface area contributed by atoms with Gasteiger partial charge in [-0.2, -0.15) is 0 Å². The summed E-state index contributed by atoms with van der Waals surface area (Å²) in [4.78, 5) is 20.9. The average Bonchev–Trinajstić information content (AvgIpc) is 3.10. The number of hydrogen-bond donors (Lipinski definition) is 0. The summed E-state index contributed by atoms with van der Waals surface area (Å²) in [6.45, 7) is 2.54. The Morgan fingerprint density at radius 3 is 2.58 bits per heavy atom. The molecular weight excluding hydrogens is 369 g/mol. The van der Waals surface area contributed by atoms with Crippen molar-refractivity contribution in [2.24, 2.45) is 0 Å². The van der Waals surface area contributed by atoms with Crippen LogP contribution in [0.4, 0.5) is 10.1 Å². The van der Waals surface area contributed by atoms with Crippen LogP contribution in [-0.2, 0) is 4.79 Å². The average molecular weight is 388 g/mol. The Morgan fingerprint density at radius 1 is 1.08 bits per heavy atom. The molecule has 1 aromatic heterocycles. The molecule has 134 valence electrons. The summed E-state index contributed by atoms with van der Waals surface area (Å²) in [7, 11) is 0. The van der Waals surface area contributed by atoms with E-state index in [-0.39, 0.29) is 11.7 Å². The van der Waals surface area contributed by atoms with Gasteiger partial charge < -0.3 is 9.80 Å². The van der Waals surface area contributed by atoms with Crippen molar-refractivity contribution in [3.63, 3.8) is 0 Å². The maximum Gasteiger partial charge on any atom is 0.233 e. The second kappa shape index (κ2) is 7.63. The number of rotatable bonds is 4. The molecule has 1 aliphatic rings. The van der Waals surface area contributed by atoms with Crippen LogP contribution < -0.4 is 4.90 Å². The lowest BCUT2D eigenvalue weighted by atomic mass is 10.2. The van der Waals surface area contributed by atoms with Gasteiger partial charge in [0.25, 0.3) is 0 Å². The second-order valence-electron chi connectivity index (χ2n) is 6.06. The highest BCUT2D eigenvalue weighted by molar-refractivity contribution is 8.01. The number of piperazine rings is 1. The fourth-order valence-corrected chi connectivity index (χ4v) is 5.00. The largest absolute Gasteiger partial charge is 0.366 e. The molecule has 4 rings (SSSR count). The number of benzene rings is 2. The van der Waals surface area contributed by atoms with Crippen LogP contribution >= 0.6 is 23.1 Å². The first-order valence-corrected chi connectivity index (χ1v) is 10.3. The fraction of sp³-hybridized carbons (Fsp3) is 0.263. The zero-order chi connectivity index (χ0) is 17.9. The third-order valence-electron chi connectivity index (χ3n) is 4.42. The molecule has 2 heterocycles. The second-order valence-corrected chi connectivity index (χ2v) is 8.31. The van der Waals surface area contributed by atoms with Crippen LogP contribution in [0.25, 0.3) is 10.2 Å². The third-order valence-corrected chi connectivity index (χ3v) is 6.58. The SMILES string of the molecule is O=C(CSc1nc2ccccc2s1)N1CCN(c2ccccc2F)CC1. The summed E-state index contributed by atoms with van der Waals surface area (Å²) >= 11 is 3.11. The minimum atomic E-state index is -0.210. The summed E-state index contributed by atoms with van der Waals surface area (Å²) < 4.78 is 16.0. The smallest absolute Gasteiger partial charge is 0.233 e. The molecule has 0 unspecified atom stereocenters. The third kappa shape index (κ3) is 3.68. The molecule has 4 nitrogen and oxygen atoms in total. The number of amides is 1. The maximum absolute atomic E-state index is 13.9. The van der Waals surface area contributed by atoms with E-state index in [1.807, 2.05) is 40.1 Å². The van der Waals surface area contributed by atoms with E-state index in [2.05, 4.69) is 4.98 Å². The number of para-hydroxylation sites is 2. The predicted octanol–water partition coefficient (Wildman–Crippen LogP) is 3.88. The first-order chi connectivity index (χ1) is 12.7. The summed E-state index contributed by atoms with van der Waals surface area (Å²) in [5.41, 5.74) is 1.59. The van der Waals surface area contributed by atoms with Crippen molar-refractivity contribution >= 4 is 44.9 Å². The predicted molar refractivity (Wildman–Crippen MR) is 106 cm³/mol. The van der Waals surface area contributed by atoms with E-state index in [1.54, 1.807) is 23.5 Å². The number of halogens is 1. The molecule has 0 bridgehead atoms. The molecule has 1 amide bonds. The topological polar surface area (TPSA) is 36.4 Å². The van der Waals surface area contributed by atoms with Gasteiger partial charge in [0.05, 0.1) is 21.7 Å². The number of carbonyl (C=O) groups excluding carboxylic acids is 1. The van der Waals surface area contributed by atoms with E-state index in [1.165, 1.54) is 17.8 Å². The highest BCUT2D eigenvalue weighted by atomic mass is 32.2. The first kappa shape index (κ1) is 17.3. The van der Waals surface area contributed by atoms with Crippen molar-refractivity contribution in [1.82, 2.24) is 9.88 Å². The van der Waals surface area contributed by atoms with Gasteiger partial charge in [-0.1, -0.05) is 36.0 Å². The van der Waals surface area contributed by atoms with Gasteiger partial charge in [0.15, 0.2) is 4.34 Å². The van der Waals surface area contributed by atoms with Crippen molar-refractivity contribution in [1.29, 1.82) is 0 Å². The van der Waals surface area contributed by atoms with Gasteiger partial charge in [-0.3, -0.25) is 4.79 Å². The highest BCUT2D eigenvalue weighted by Gasteiger charge is 2.22. The molecule has 3 aromatic rings. The van der Waals surface area contributed by atoms with E-state index >= 15 is 0 Å². The molecule has 0 atom stereocenters. The van der Waals surface area contributed by atoms with E-state index in [4.69, 9.17) is 0 Å². The first-order valence-electron chi connectivity index (χ1n) is 8.46. The Balaban J connectivity index is 1.31. The Kier molecular flexibility index (Phi) is 5.08. The van der Waals surface area contributed by atoms with Crippen molar-refractivity contribution in [3.8, 4) is 0 Å². The number of fused-ring (bicyclic) bond motifs is 1. The minimum absolute atomic E-state index is 0.113. The molecule has 1 aliphatic heterocycles. The minimum Gasteiger partial charge on any atom is -0.366 e.